The largest absolute Gasteiger partial charge is 0.326 e. The second kappa shape index (κ2) is 5.35. The van der Waals surface area contributed by atoms with Crippen molar-refractivity contribution in [1.29, 1.82) is 0 Å². The van der Waals surface area contributed by atoms with E-state index in [1.54, 1.807) is 8.61 Å². The molecule has 1 heterocycles. The molecular formula is C14H21N3O2S. The zero-order chi connectivity index (χ0) is 14.2. The molecule has 1 aromatic rings. The van der Waals surface area contributed by atoms with Crippen molar-refractivity contribution < 1.29 is 8.42 Å². The lowest BCUT2D eigenvalue weighted by molar-refractivity contribution is 0.473. The molecule has 1 aliphatic heterocycles. The Bertz CT molecular complexity index is 561. The van der Waals surface area contributed by atoms with Gasteiger partial charge in [-0.3, -0.25) is 4.31 Å². The van der Waals surface area contributed by atoms with Crippen LogP contribution in [0.5, 0.6) is 0 Å². The van der Waals surface area contributed by atoms with Gasteiger partial charge in [0, 0.05) is 25.7 Å². The minimum atomic E-state index is -3.37. The molecule has 2 fully saturated rings. The van der Waals surface area contributed by atoms with E-state index in [2.05, 4.69) is 0 Å². The second-order valence-corrected chi connectivity index (χ2v) is 7.32. The molecule has 3 rings (SSSR count). The number of anilines is 1. The van der Waals surface area contributed by atoms with E-state index in [0.717, 1.165) is 36.9 Å². The minimum Gasteiger partial charge on any atom is -0.326 e. The van der Waals surface area contributed by atoms with Crippen LogP contribution < -0.4 is 10.0 Å². The number of nitrogens with zero attached hydrogens (tertiary/aromatic N) is 2. The number of benzene rings is 1. The van der Waals surface area contributed by atoms with E-state index in [1.807, 2.05) is 24.3 Å². The molecule has 1 saturated heterocycles. The fourth-order valence-corrected chi connectivity index (χ4v) is 4.61. The third-order valence-electron chi connectivity index (χ3n) is 3.94. The van der Waals surface area contributed by atoms with Crippen molar-refractivity contribution in [3.05, 3.63) is 29.8 Å². The Kier molecular flexibility index (Phi) is 3.70. The molecule has 2 N–H and O–H groups in total. The van der Waals surface area contributed by atoms with Gasteiger partial charge >= 0.3 is 10.2 Å². The Morgan fingerprint density at radius 1 is 1.15 bits per heavy atom. The Morgan fingerprint density at radius 3 is 2.25 bits per heavy atom. The van der Waals surface area contributed by atoms with Crippen LogP contribution >= 0.6 is 0 Å². The summed E-state index contributed by atoms with van der Waals surface area (Å²) in [5.74, 6) is 0. The monoisotopic (exact) mass is 295 g/mol. The molecule has 6 heteroatoms. The summed E-state index contributed by atoms with van der Waals surface area (Å²) < 4.78 is 28.8. The van der Waals surface area contributed by atoms with Gasteiger partial charge in [-0.15, -0.1) is 0 Å². The van der Waals surface area contributed by atoms with Gasteiger partial charge in [0.05, 0.1) is 5.69 Å². The van der Waals surface area contributed by atoms with Gasteiger partial charge in [-0.1, -0.05) is 12.1 Å². The first-order chi connectivity index (χ1) is 9.63. The minimum absolute atomic E-state index is 0.129. The maximum absolute atomic E-state index is 12.8. The molecule has 20 heavy (non-hydrogen) atoms. The van der Waals surface area contributed by atoms with Crippen molar-refractivity contribution >= 4 is 15.9 Å². The van der Waals surface area contributed by atoms with Crippen molar-refractivity contribution in [2.45, 2.75) is 38.3 Å². The average molecular weight is 295 g/mol. The lowest BCUT2D eigenvalue weighted by Gasteiger charge is -2.29. The van der Waals surface area contributed by atoms with Crippen LogP contribution in [-0.2, 0) is 16.8 Å². The van der Waals surface area contributed by atoms with E-state index in [4.69, 9.17) is 5.73 Å². The van der Waals surface area contributed by atoms with Crippen LogP contribution in [0.1, 0.15) is 31.2 Å². The van der Waals surface area contributed by atoms with Gasteiger partial charge in [0.15, 0.2) is 0 Å². The van der Waals surface area contributed by atoms with E-state index in [9.17, 15) is 8.42 Å². The van der Waals surface area contributed by atoms with E-state index >= 15 is 0 Å². The summed E-state index contributed by atoms with van der Waals surface area (Å²) in [5.41, 5.74) is 7.37. The topological polar surface area (TPSA) is 66.6 Å². The van der Waals surface area contributed by atoms with Crippen molar-refractivity contribution in [2.75, 3.05) is 17.4 Å². The van der Waals surface area contributed by atoms with E-state index in [0.29, 0.717) is 19.6 Å². The molecule has 0 amide bonds. The zero-order valence-electron chi connectivity index (χ0n) is 11.5. The van der Waals surface area contributed by atoms with Crippen LogP contribution in [0, 0.1) is 0 Å². The Morgan fingerprint density at radius 2 is 1.75 bits per heavy atom. The predicted octanol–water partition coefficient (Wildman–Crippen LogP) is 1.45. The van der Waals surface area contributed by atoms with Crippen molar-refractivity contribution in [3.8, 4) is 0 Å². The normalized spacial score (nSPS) is 20.2. The van der Waals surface area contributed by atoms with E-state index in [1.165, 1.54) is 0 Å². The third kappa shape index (κ3) is 2.55. The first-order valence-electron chi connectivity index (χ1n) is 7.21. The molecule has 5 nitrogen and oxygen atoms in total. The van der Waals surface area contributed by atoms with Crippen LogP contribution in [0.15, 0.2) is 24.3 Å². The Hall–Kier alpha value is -1.11. The molecule has 0 spiro atoms. The summed E-state index contributed by atoms with van der Waals surface area (Å²) in [7, 11) is -3.37. The Labute approximate surface area is 120 Å². The predicted molar refractivity (Wildman–Crippen MR) is 79.6 cm³/mol. The van der Waals surface area contributed by atoms with Crippen molar-refractivity contribution in [1.82, 2.24) is 4.31 Å². The van der Waals surface area contributed by atoms with Crippen molar-refractivity contribution in [3.63, 3.8) is 0 Å². The molecule has 0 bridgehead atoms. The van der Waals surface area contributed by atoms with Gasteiger partial charge in [0.25, 0.3) is 0 Å². The highest BCUT2D eigenvalue weighted by molar-refractivity contribution is 7.90. The highest BCUT2D eigenvalue weighted by atomic mass is 32.2. The molecule has 1 saturated carbocycles. The number of hydrogen-bond acceptors (Lipinski definition) is 3. The molecule has 0 atom stereocenters. The maximum Gasteiger partial charge on any atom is 0.304 e. The Balaban J connectivity index is 1.91. The summed E-state index contributed by atoms with van der Waals surface area (Å²) in [5, 5.41) is 0. The molecule has 1 aliphatic carbocycles. The molecule has 1 aromatic carbocycles. The number of hydrogen-bond donors (Lipinski definition) is 1. The van der Waals surface area contributed by atoms with Gasteiger partial charge in [0.2, 0.25) is 0 Å². The summed E-state index contributed by atoms with van der Waals surface area (Å²) >= 11 is 0. The van der Waals surface area contributed by atoms with Crippen LogP contribution in [0.2, 0.25) is 0 Å². The second-order valence-electron chi connectivity index (χ2n) is 5.51. The number of rotatable bonds is 5. The van der Waals surface area contributed by atoms with Gasteiger partial charge in [-0.05, 0) is 43.4 Å². The molecule has 0 unspecified atom stereocenters. The van der Waals surface area contributed by atoms with E-state index in [-0.39, 0.29) is 6.04 Å². The van der Waals surface area contributed by atoms with Crippen molar-refractivity contribution in [2.24, 2.45) is 5.73 Å². The highest BCUT2D eigenvalue weighted by Crippen LogP contribution is 2.36. The van der Waals surface area contributed by atoms with Gasteiger partial charge in [-0.2, -0.15) is 12.7 Å². The standard InChI is InChI=1S/C14H21N3O2S/c15-11-12-3-5-13(6-4-12)17(14-7-8-14)20(18,19)16-9-1-2-10-16/h3-6,14H,1-2,7-11,15H2. The summed E-state index contributed by atoms with van der Waals surface area (Å²) in [6, 6.07) is 7.68. The molecular weight excluding hydrogens is 274 g/mol. The zero-order valence-corrected chi connectivity index (χ0v) is 12.3. The van der Waals surface area contributed by atoms with Gasteiger partial charge in [-0.25, -0.2) is 0 Å². The fraction of sp³-hybridized carbons (Fsp3) is 0.571. The smallest absolute Gasteiger partial charge is 0.304 e. The molecule has 110 valence electrons. The van der Waals surface area contributed by atoms with Gasteiger partial charge in [0.1, 0.15) is 0 Å². The molecule has 2 aliphatic rings. The van der Waals surface area contributed by atoms with Crippen LogP contribution in [0.25, 0.3) is 0 Å². The van der Waals surface area contributed by atoms with Crippen LogP contribution in [0.3, 0.4) is 0 Å². The fourth-order valence-electron chi connectivity index (χ4n) is 2.66. The average Bonchev–Trinajstić information content (AvgIpc) is 3.10. The quantitative estimate of drug-likeness (QED) is 0.894. The highest BCUT2D eigenvalue weighted by Gasteiger charge is 2.41. The molecule has 0 aromatic heterocycles. The summed E-state index contributed by atoms with van der Waals surface area (Å²) in [4.78, 5) is 0. The summed E-state index contributed by atoms with van der Waals surface area (Å²) in [6.07, 6.45) is 3.82. The lowest BCUT2D eigenvalue weighted by atomic mass is 10.2. The molecule has 0 radical (unpaired) electrons. The number of nitrogens with two attached hydrogens (primary N) is 1. The van der Waals surface area contributed by atoms with Crippen LogP contribution in [-0.4, -0.2) is 31.9 Å². The summed E-state index contributed by atoms with van der Waals surface area (Å²) in [6.45, 7) is 1.77. The van der Waals surface area contributed by atoms with Crippen LogP contribution in [0.4, 0.5) is 5.69 Å². The third-order valence-corrected chi connectivity index (χ3v) is 5.97. The lowest BCUT2D eigenvalue weighted by Crippen LogP contribution is -2.43. The maximum atomic E-state index is 12.8. The first-order valence-corrected chi connectivity index (χ1v) is 8.61. The first kappa shape index (κ1) is 13.9. The van der Waals surface area contributed by atoms with E-state index < -0.39 is 10.2 Å². The van der Waals surface area contributed by atoms with Gasteiger partial charge < -0.3 is 5.73 Å². The SMILES string of the molecule is NCc1ccc(N(C2CC2)S(=O)(=O)N2CCCC2)cc1.